The number of nitrogens with zero attached hydrogens (tertiary/aromatic N) is 3. The van der Waals surface area contributed by atoms with E-state index in [2.05, 4.69) is 25.6 Å². The maximum Gasteiger partial charge on any atom is 0.275 e. The molecule has 4 N–H and O–H groups in total. The summed E-state index contributed by atoms with van der Waals surface area (Å²) in [6.07, 6.45) is 4.12. The van der Waals surface area contributed by atoms with Crippen LogP contribution in [0.25, 0.3) is 0 Å². The van der Waals surface area contributed by atoms with E-state index in [1.54, 1.807) is 0 Å². The van der Waals surface area contributed by atoms with Crippen LogP contribution >= 0.6 is 0 Å². The minimum absolute atomic E-state index is 0.00118. The topological polar surface area (TPSA) is 137 Å². The van der Waals surface area contributed by atoms with E-state index in [9.17, 15) is 19.8 Å². The third-order valence-corrected chi connectivity index (χ3v) is 3.29. The number of hydrogen-bond acceptors (Lipinski definition) is 7. The normalized spacial score (nSPS) is 10.2. The Bertz CT molecular complexity index is 902. The van der Waals surface area contributed by atoms with Crippen molar-refractivity contribution in [2.75, 3.05) is 10.6 Å². The van der Waals surface area contributed by atoms with Gasteiger partial charge in [0.25, 0.3) is 11.8 Å². The van der Waals surface area contributed by atoms with Crippen LogP contribution in [0.15, 0.2) is 55.0 Å². The quantitative estimate of drug-likeness (QED) is 0.562. The number of carbonyl (C=O) groups is 2. The Kier molecular flexibility index (Phi) is 4.70. The summed E-state index contributed by atoms with van der Waals surface area (Å²) in [4.78, 5) is 36.1. The first-order valence-corrected chi connectivity index (χ1v) is 7.41. The molecule has 0 atom stereocenters. The lowest BCUT2D eigenvalue weighted by atomic mass is 10.2. The summed E-state index contributed by atoms with van der Waals surface area (Å²) in [6.45, 7) is 0. The van der Waals surface area contributed by atoms with E-state index < -0.39 is 11.8 Å². The summed E-state index contributed by atoms with van der Waals surface area (Å²) in [5.74, 6) is -1.62. The largest absolute Gasteiger partial charge is 0.504 e. The van der Waals surface area contributed by atoms with Crippen molar-refractivity contribution in [2.24, 2.45) is 0 Å². The Balaban J connectivity index is 1.77. The van der Waals surface area contributed by atoms with Gasteiger partial charge in [0, 0.05) is 24.2 Å². The standard InChI is InChI=1S/C17H13N5O4/c23-12-3-1-6-19-14(12)21-16(25)10-5-8-18-11(9-10)17(26)22-15-13(24)4-2-7-20-15/h1-9,23-24H,(H,19,21,25)(H,20,22,26). The molecule has 0 fully saturated rings. The van der Waals surface area contributed by atoms with Crippen molar-refractivity contribution in [3.05, 3.63) is 66.2 Å². The van der Waals surface area contributed by atoms with Crippen LogP contribution in [-0.2, 0) is 0 Å². The molecule has 9 nitrogen and oxygen atoms in total. The zero-order valence-electron chi connectivity index (χ0n) is 13.2. The first kappa shape index (κ1) is 16.8. The predicted octanol–water partition coefficient (Wildman–Crippen LogP) is 1.79. The van der Waals surface area contributed by atoms with Gasteiger partial charge in [-0.1, -0.05) is 0 Å². The summed E-state index contributed by atoms with van der Waals surface area (Å²) in [5, 5.41) is 24.1. The van der Waals surface area contributed by atoms with E-state index in [4.69, 9.17) is 0 Å². The molecule has 0 aromatic carbocycles. The van der Waals surface area contributed by atoms with E-state index in [1.165, 1.54) is 55.0 Å². The second-order valence-electron chi connectivity index (χ2n) is 5.08. The van der Waals surface area contributed by atoms with Crippen LogP contribution < -0.4 is 10.6 Å². The summed E-state index contributed by atoms with van der Waals surface area (Å²) in [5.41, 5.74) is 0.0911. The zero-order valence-corrected chi connectivity index (χ0v) is 13.2. The average molecular weight is 351 g/mol. The van der Waals surface area contributed by atoms with Gasteiger partial charge in [-0.25, -0.2) is 9.97 Å². The van der Waals surface area contributed by atoms with Crippen molar-refractivity contribution in [1.29, 1.82) is 0 Å². The molecule has 3 heterocycles. The molecule has 0 spiro atoms. The molecule has 3 aromatic rings. The number of carbonyl (C=O) groups excluding carboxylic acids is 2. The molecule has 130 valence electrons. The SMILES string of the molecule is O=C(Nc1ncccc1O)c1ccnc(C(=O)Nc2ncccc2O)c1. The Hall–Kier alpha value is -4.01. The van der Waals surface area contributed by atoms with Gasteiger partial charge in [0.05, 0.1) is 0 Å². The highest BCUT2D eigenvalue weighted by molar-refractivity contribution is 6.07. The highest BCUT2D eigenvalue weighted by Gasteiger charge is 2.15. The second kappa shape index (κ2) is 7.26. The first-order chi connectivity index (χ1) is 12.5. The monoisotopic (exact) mass is 351 g/mol. The Morgan fingerprint density at radius 3 is 1.92 bits per heavy atom. The number of pyridine rings is 3. The van der Waals surface area contributed by atoms with E-state index in [1.807, 2.05) is 0 Å². The van der Waals surface area contributed by atoms with E-state index in [0.717, 1.165) is 0 Å². The lowest BCUT2D eigenvalue weighted by Gasteiger charge is -2.08. The lowest BCUT2D eigenvalue weighted by Crippen LogP contribution is -2.17. The molecule has 3 aromatic heterocycles. The average Bonchev–Trinajstić information content (AvgIpc) is 2.65. The Labute approximate surface area is 147 Å². The highest BCUT2D eigenvalue weighted by Crippen LogP contribution is 2.20. The molecule has 0 saturated heterocycles. The molecule has 0 aliphatic rings. The maximum atomic E-state index is 12.3. The number of anilines is 2. The third kappa shape index (κ3) is 3.73. The molecule has 26 heavy (non-hydrogen) atoms. The van der Waals surface area contributed by atoms with Crippen molar-refractivity contribution in [1.82, 2.24) is 15.0 Å². The fourth-order valence-corrected chi connectivity index (χ4v) is 2.03. The van der Waals surface area contributed by atoms with Crippen molar-refractivity contribution in [3.63, 3.8) is 0 Å². The van der Waals surface area contributed by atoms with Gasteiger partial charge in [0.15, 0.2) is 23.1 Å². The van der Waals surface area contributed by atoms with Crippen molar-refractivity contribution >= 4 is 23.5 Å². The minimum atomic E-state index is -0.644. The number of aromatic hydroxyl groups is 2. The minimum Gasteiger partial charge on any atom is -0.504 e. The number of nitrogens with one attached hydrogen (secondary N) is 2. The molecule has 2 amide bonds. The molecule has 9 heteroatoms. The molecule has 0 unspecified atom stereocenters. The van der Waals surface area contributed by atoms with Gasteiger partial charge in [0.1, 0.15) is 5.69 Å². The van der Waals surface area contributed by atoms with Crippen LogP contribution in [-0.4, -0.2) is 37.0 Å². The van der Waals surface area contributed by atoms with Crippen LogP contribution in [0.4, 0.5) is 11.6 Å². The Morgan fingerprint density at radius 1 is 0.769 bits per heavy atom. The van der Waals surface area contributed by atoms with Gasteiger partial charge in [-0.2, -0.15) is 0 Å². The van der Waals surface area contributed by atoms with Gasteiger partial charge in [-0.05, 0) is 36.4 Å². The second-order valence-corrected chi connectivity index (χ2v) is 5.08. The van der Waals surface area contributed by atoms with Crippen LogP contribution in [0.1, 0.15) is 20.8 Å². The van der Waals surface area contributed by atoms with E-state index >= 15 is 0 Å². The van der Waals surface area contributed by atoms with E-state index in [0.29, 0.717) is 0 Å². The van der Waals surface area contributed by atoms with Gasteiger partial charge in [-0.3, -0.25) is 14.6 Å². The van der Waals surface area contributed by atoms with Crippen molar-refractivity contribution in [3.8, 4) is 11.5 Å². The van der Waals surface area contributed by atoms with E-state index in [-0.39, 0.29) is 34.4 Å². The number of hydrogen-bond donors (Lipinski definition) is 4. The lowest BCUT2D eigenvalue weighted by molar-refractivity contribution is 0.102. The summed E-state index contributed by atoms with van der Waals surface area (Å²) in [6, 6.07) is 8.47. The fourth-order valence-electron chi connectivity index (χ4n) is 2.03. The first-order valence-electron chi connectivity index (χ1n) is 7.41. The highest BCUT2D eigenvalue weighted by atomic mass is 16.3. The van der Waals surface area contributed by atoms with Crippen LogP contribution in [0.2, 0.25) is 0 Å². The van der Waals surface area contributed by atoms with Crippen LogP contribution in [0, 0.1) is 0 Å². The third-order valence-electron chi connectivity index (χ3n) is 3.29. The van der Waals surface area contributed by atoms with Gasteiger partial charge in [-0.15, -0.1) is 0 Å². The molecular weight excluding hydrogens is 338 g/mol. The molecule has 0 saturated carbocycles. The molecule has 0 bridgehead atoms. The summed E-state index contributed by atoms with van der Waals surface area (Å²) >= 11 is 0. The number of rotatable bonds is 4. The Morgan fingerprint density at radius 2 is 1.35 bits per heavy atom. The smallest absolute Gasteiger partial charge is 0.275 e. The number of amides is 2. The van der Waals surface area contributed by atoms with Crippen molar-refractivity contribution < 1.29 is 19.8 Å². The number of aromatic nitrogens is 3. The summed E-state index contributed by atoms with van der Waals surface area (Å²) in [7, 11) is 0. The molecule has 0 aliphatic carbocycles. The van der Waals surface area contributed by atoms with Crippen LogP contribution in [0.3, 0.4) is 0 Å². The molecular formula is C17H13N5O4. The van der Waals surface area contributed by atoms with Gasteiger partial charge >= 0.3 is 0 Å². The molecule has 0 aliphatic heterocycles. The van der Waals surface area contributed by atoms with Crippen LogP contribution in [0.5, 0.6) is 11.5 Å². The fraction of sp³-hybridized carbons (Fsp3) is 0. The summed E-state index contributed by atoms with van der Waals surface area (Å²) < 4.78 is 0. The zero-order chi connectivity index (χ0) is 18.5. The predicted molar refractivity (Wildman–Crippen MR) is 91.9 cm³/mol. The van der Waals surface area contributed by atoms with Crippen molar-refractivity contribution in [2.45, 2.75) is 0 Å². The van der Waals surface area contributed by atoms with Gasteiger partial charge < -0.3 is 20.8 Å². The molecule has 3 rings (SSSR count). The van der Waals surface area contributed by atoms with Gasteiger partial charge in [0.2, 0.25) is 0 Å². The maximum absolute atomic E-state index is 12.3. The molecule has 0 radical (unpaired) electrons.